The molecule has 0 atom stereocenters. The van der Waals surface area contributed by atoms with Gasteiger partial charge in [0.2, 0.25) is 0 Å². The second-order valence-corrected chi connectivity index (χ2v) is 5.74. The zero-order chi connectivity index (χ0) is 14.0. The van der Waals surface area contributed by atoms with Gasteiger partial charge in [-0.15, -0.1) is 0 Å². The summed E-state index contributed by atoms with van der Waals surface area (Å²) in [4.78, 5) is 0. The molecule has 2 aliphatic rings. The van der Waals surface area contributed by atoms with Crippen molar-refractivity contribution in [2.75, 3.05) is 20.3 Å². The van der Waals surface area contributed by atoms with Crippen molar-refractivity contribution >= 4 is 0 Å². The molecule has 1 aliphatic carbocycles. The Bertz CT molecular complexity index is 481. The predicted octanol–water partition coefficient (Wildman–Crippen LogP) is 2.97. The predicted molar refractivity (Wildman–Crippen MR) is 77.6 cm³/mol. The maximum atomic E-state index is 6.72. The van der Waals surface area contributed by atoms with Gasteiger partial charge in [-0.1, -0.05) is 19.3 Å². The number of methoxy groups -OCH3 is 1. The molecule has 1 aromatic carbocycles. The van der Waals surface area contributed by atoms with E-state index in [1.54, 1.807) is 7.11 Å². The fourth-order valence-electron chi connectivity index (χ4n) is 3.29. The first kappa shape index (κ1) is 13.6. The maximum Gasteiger partial charge on any atom is 0.169 e. The van der Waals surface area contributed by atoms with Crippen LogP contribution in [0.4, 0.5) is 0 Å². The Morgan fingerprint density at radius 2 is 1.80 bits per heavy atom. The highest BCUT2D eigenvalue weighted by molar-refractivity contribution is 5.57. The van der Waals surface area contributed by atoms with Gasteiger partial charge in [-0.25, -0.2) is 0 Å². The van der Waals surface area contributed by atoms with Crippen molar-refractivity contribution in [2.24, 2.45) is 5.73 Å². The van der Waals surface area contributed by atoms with Gasteiger partial charge in [0.15, 0.2) is 11.5 Å². The standard InChI is InChI=1S/C16H23NO3/c1-18-12-6-7-13-15(20-11-5-10-19-13)14(12)16(17)8-3-2-4-9-16/h6-7H,2-5,8-11,17H2,1H3. The van der Waals surface area contributed by atoms with E-state index in [-0.39, 0.29) is 5.54 Å². The highest BCUT2D eigenvalue weighted by Crippen LogP contribution is 2.48. The van der Waals surface area contributed by atoms with E-state index in [2.05, 4.69) is 0 Å². The van der Waals surface area contributed by atoms with Crippen LogP contribution in [0.5, 0.6) is 17.2 Å². The summed E-state index contributed by atoms with van der Waals surface area (Å²) >= 11 is 0. The van der Waals surface area contributed by atoms with E-state index in [0.717, 1.165) is 54.9 Å². The number of hydrogen-bond donors (Lipinski definition) is 1. The van der Waals surface area contributed by atoms with Crippen molar-refractivity contribution in [1.29, 1.82) is 0 Å². The van der Waals surface area contributed by atoms with Gasteiger partial charge >= 0.3 is 0 Å². The molecule has 0 amide bonds. The number of ether oxygens (including phenoxy) is 3. The van der Waals surface area contributed by atoms with Crippen molar-refractivity contribution in [3.8, 4) is 17.2 Å². The summed E-state index contributed by atoms with van der Waals surface area (Å²) in [6, 6.07) is 3.88. The molecule has 1 aliphatic heterocycles. The van der Waals surface area contributed by atoms with Crippen LogP contribution in [-0.4, -0.2) is 20.3 Å². The average Bonchev–Trinajstić information content (AvgIpc) is 2.71. The molecule has 1 aromatic rings. The third-order valence-electron chi connectivity index (χ3n) is 4.34. The molecule has 3 rings (SSSR count). The molecule has 1 saturated carbocycles. The van der Waals surface area contributed by atoms with Crippen LogP contribution >= 0.6 is 0 Å². The lowest BCUT2D eigenvalue weighted by Gasteiger charge is -2.36. The van der Waals surface area contributed by atoms with Crippen molar-refractivity contribution in [3.05, 3.63) is 17.7 Å². The molecule has 0 aromatic heterocycles. The highest BCUT2D eigenvalue weighted by atomic mass is 16.5. The summed E-state index contributed by atoms with van der Waals surface area (Å²) in [6.45, 7) is 1.36. The van der Waals surface area contributed by atoms with Crippen LogP contribution in [0.3, 0.4) is 0 Å². The number of nitrogens with two attached hydrogens (primary N) is 1. The molecule has 2 N–H and O–H groups in total. The van der Waals surface area contributed by atoms with Crippen LogP contribution in [0.2, 0.25) is 0 Å². The third-order valence-corrected chi connectivity index (χ3v) is 4.34. The summed E-state index contributed by atoms with van der Waals surface area (Å²) in [5.41, 5.74) is 7.36. The lowest BCUT2D eigenvalue weighted by molar-refractivity contribution is 0.262. The van der Waals surface area contributed by atoms with E-state index in [9.17, 15) is 0 Å². The highest BCUT2D eigenvalue weighted by Gasteiger charge is 2.37. The molecule has 0 radical (unpaired) electrons. The van der Waals surface area contributed by atoms with E-state index in [1.807, 2.05) is 12.1 Å². The van der Waals surface area contributed by atoms with E-state index >= 15 is 0 Å². The van der Waals surface area contributed by atoms with Crippen molar-refractivity contribution in [3.63, 3.8) is 0 Å². The van der Waals surface area contributed by atoms with Crippen molar-refractivity contribution in [1.82, 2.24) is 0 Å². The van der Waals surface area contributed by atoms with Crippen LogP contribution in [0.25, 0.3) is 0 Å². The van der Waals surface area contributed by atoms with Crippen LogP contribution in [0.15, 0.2) is 12.1 Å². The molecule has 0 spiro atoms. The first-order chi connectivity index (χ1) is 9.74. The molecule has 1 fully saturated rings. The monoisotopic (exact) mass is 277 g/mol. The van der Waals surface area contributed by atoms with Gasteiger partial charge in [-0.2, -0.15) is 0 Å². The molecular weight excluding hydrogens is 254 g/mol. The minimum atomic E-state index is -0.358. The quantitative estimate of drug-likeness (QED) is 0.903. The van der Waals surface area contributed by atoms with E-state index in [4.69, 9.17) is 19.9 Å². The van der Waals surface area contributed by atoms with Crippen LogP contribution < -0.4 is 19.9 Å². The Kier molecular flexibility index (Phi) is 3.74. The van der Waals surface area contributed by atoms with E-state index < -0.39 is 0 Å². The third kappa shape index (κ3) is 2.33. The Balaban J connectivity index is 2.11. The molecule has 0 saturated heterocycles. The second-order valence-electron chi connectivity index (χ2n) is 5.74. The summed E-state index contributed by atoms with van der Waals surface area (Å²) in [5, 5.41) is 0. The second kappa shape index (κ2) is 5.52. The average molecular weight is 277 g/mol. The zero-order valence-corrected chi connectivity index (χ0v) is 12.1. The molecule has 110 valence electrons. The summed E-state index contributed by atoms with van der Waals surface area (Å²) in [6.07, 6.45) is 6.42. The lowest BCUT2D eigenvalue weighted by atomic mass is 9.76. The van der Waals surface area contributed by atoms with E-state index in [1.165, 1.54) is 6.42 Å². The minimum absolute atomic E-state index is 0.358. The molecule has 20 heavy (non-hydrogen) atoms. The summed E-state index contributed by atoms with van der Waals surface area (Å²) < 4.78 is 17.3. The molecule has 0 bridgehead atoms. The van der Waals surface area contributed by atoms with Gasteiger partial charge in [0.25, 0.3) is 0 Å². The Labute approximate surface area is 120 Å². The number of rotatable bonds is 2. The van der Waals surface area contributed by atoms with Gasteiger partial charge in [0.05, 0.1) is 25.9 Å². The minimum Gasteiger partial charge on any atom is -0.496 e. The van der Waals surface area contributed by atoms with Gasteiger partial charge in [-0.05, 0) is 25.0 Å². The SMILES string of the molecule is COc1ccc2c(c1C1(N)CCCCC1)OCCCO2. The topological polar surface area (TPSA) is 53.7 Å². The Morgan fingerprint density at radius 1 is 1.05 bits per heavy atom. The van der Waals surface area contributed by atoms with Gasteiger partial charge in [-0.3, -0.25) is 0 Å². The summed E-state index contributed by atoms with van der Waals surface area (Å²) in [5.74, 6) is 2.42. The molecule has 0 unspecified atom stereocenters. The van der Waals surface area contributed by atoms with E-state index in [0.29, 0.717) is 13.2 Å². The first-order valence-corrected chi connectivity index (χ1v) is 7.50. The largest absolute Gasteiger partial charge is 0.496 e. The number of benzene rings is 1. The first-order valence-electron chi connectivity index (χ1n) is 7.50. The molecule has 4 nitrogen and oxygen atoms in total. The molecule has 1 heterocycles. The zero-order valence-electron chi connectivity index (χ0n) is 12.1. The van der Waals surface area contributed by atoms with Gasteiger partial charge in [0.1, 0.15) is 5.75 Å². The fraction of sp³-hybridized carbons (Fsp3) is 0.625. The van der Waals surface area contributed by atoms with Gasteiger partial charge < -0.3 is 19.9 Å². The number of hydrogen-bond acceptors (Lipinski definition) is 4. The maximum absolute atomic E-state index is 6.72. The van der Waals surface area contributed by atoms with Gasteiger partial charge in [0, 0.05) is 12.0 Å². The fourth-order valence-corrected chi connectivity index (χ4v) is 3.29. The van der Waals surface area contributed by atoms with Crippen molar-refractivity contribution in [2.45, 2.75) is 44.1 Å². The Hall–Kier alpha value is -1.42. The van der Waals surface area contributed by atoms with Crippen LogP contribution in [0, 0.1) is 0 Å². The smallest absolute Gasteiger partial charge is 0.169 e. The number of fused-ring (bicyclic) bond motifs is 1. The normalized spacial score (nSPS) is 21.1. The summed E-state index contributed by atoms with van der Waals surface area (Å²) in [7, 11) is 1.69. The van der Waals surface area contributed by atoms with Crippen molar-refractivity contribution < 1.29 is 14.2 Å². The molecule has 4 heteroatoms. The Morgan fingerprint density at radius 3 is 2.55 bits per heavy atom. The van der Waals surface area contributed by atoms with Crippen LogP contribution in [0.1, 0.15) is 44.1 Å². The van der Waals surface area contributed by atoms with Crippen LogP contribution in [-0.2, 0) is 5.54 Å². The lowest BCUT2D eigenvalue weighted by Crippen LogP contribution is -2.39. The molecular formula is C16H23NO3.